The quantitative estimate of drug-likeness (QED) is 0.822. The van der Waals surface area contributed by atoms with Crippen molar-refractivity contribution in [2.45, 2.75) is 19.8 Å². The fourth-order valence-corrected chi connectivity index (χ4v) is 1.75. The highest BCUT2D eigenvalue weighted by Crippen LogP contribution is 2.18. The van der Waals surface area contributed by atoms with E-state index in [4.69, 9.17) is 5.73 Å². The molecule has 0 atom stereocenters. The van der Waals surface area contributed by atoms with Crippen molar-refractivity contribution in [2.75, 3.05) is 11.9 Å². The summed E-state index contributed by atoms with van der Waals surface area (Å²) in [5.41, 5.74) is 7.98. The Morgan fingerprint density at radius 2 is 2.32 bits per heavy atom. The number of carbonyl (C=O) groups excluding carboxylic acids is 1. The van der Waals surface area contributed by atoms with E-state index in [1.54, 1.807) is 4.68 Å². The number of rotatable bonds is 5. The summed E-state index contributed by atoms with van der Waals surface area (Å²) in [6, 6.07) is 5.58. The third-order valence-corrected chi connectivity index (χ3v) is 2.68. The van der Waals surface area contributed by atoms with E-state index in [1.165, 1.54) is 6.33 Å². The van der Waals surface area contributed by atoms with Crippen LogP contribution in [0.1, 0.15) is 18.4 Å². The Morgan fingerprint density at radius 1 is 1.47 bits per heavy atom. The minimum Gasteiger partial charge on any atom is -0.330 e. The van der Waals surface area contributed by atoms with Gasteiger partial charge in [0.15, 0.2) is 0 Å². The number of nitrogens with one attached hydrogen (secondary N) is 1. The van der Waals surface area contributed by atoms with Crippen LogP contribution in [0.4, 0.5) is 5.69 Å². The van der Waals surface area contributed by atoms with Gasteiger partial charge in [-0.1, -0.05) is 0 Å². The molecule has 0 saturated heterocycles. The maximum absolute atomic E-state index is 11.6. The molecule has 0 aliphatic carbocycles. The first-order valence-corrected chi connectivity index (χ1v) is 6.04. The molecule has 2 rings (SSSR count). The molecule has 1 amide bonds. The predicted octanol–water partition coefficient (Wildman–Crippen LogP) is 0.648. The molecule has 0 aliphatic heterocycles. The zero-order valence-electron chi connectivity index (χ0n) is 10.7. The van der Waals surface area contributed by atoms with Gasteiger partial charge in [0.2, 0.25) is 5.91 Å². The third-order valence-electron chi connectivity index (χ3n) is 2.68. The molecule has 1 aromatic carbocycles. The molecule has 3 N–H and O–H groups in total. The molecular weight excluding hydrogens is 244 g/mol. The second-order valence-corrected chi connectivity index (χ2v) is 4.20. The van der Waals surface area contributed by atoms with Gasteiger partial charge < -0.3 is 11.1 Å². The van der Waals surface area contributed by atoms with Crippen molar-refractivity contribution in [2.24, 2.45) is 5.73 Å². The number of tetrazole rings is 1. The lowest BCUT2D eigenvalue weighted by atomic mass is 10.1. The van der Waals surface area contributed by atoms with Gasteiger partial charge in [0.25, 0.3) is 0 Å². The first kappa shape index (κ1) is 13.2. The van der Waals surface area contributed by atoms with Crippen LogP contribution in [0, 0.1) is 6.92 Å². The monoisotopic (exact) mass is 260 g/mol. The maximum Gasteiger partial charge on any atom is 0.224 e. The first-order chi connectivity index (χ1) is 9.20. The number of amides is 1. The van der Waals surface area contributed by atoms with Crippen LogP contribution < -0.4 is 11.1 Å². The molecule has 7 heteroatoms. The van der Waals surface area contributed by atoms with E-state index < -0.39 is 0 Å². The Bertz CT molecular complexity index is 551. The summed E-state index contributed by atoms with van der Waals surface area (Å²) in [4.78, 5) is 11.6. The standard InChI is InChI=1S/C12H16N6O/c1-9-7-10(15-12(19)3-2-6-13)4-5-11(9)18-8-14-16-17-18/h4-5,7-8H,2-3,6,13H2,1H3,(H,15,19). The van der Waals surface area contributed by atoms with Gasteiger partial charge in [-0.25, -0.2) is 4.68 Å². The van der Waals surface area contributed by atoms with Crippen LogP contribution >= 0.6 is 0 Å². The number of benzene rings is 1. The fourth-order valence-electron chi connectivity index (χ4n) is 1.75. The molecule has 0 fully saturated rings. The minimum atomic E-state index is -0.0278. The number of carbonyl (C=O) groups is 1. The summed E-state index contributed by atoms with van der Waals surface area (Å²) in [6.45, 7) is 2.46. The second-order valence-electron chi connectivity index (χ2n) is 4.20. The summed E-state index contributed by atoms with van der Waals surface area (Å²) in [6.07, 6.45) is 2.65. The number of nitrogens with zero attached hydrogens (tertiary/aromatic N) is 4. The van der Waals surface area contributed by atoms with Gasteiger partial charge in [-0.2, -0.15) is 0 Å². The van der Waals surface area contributed by atoms with E-state index in [0.717, 1.165) is 16.9 Å². The summed E-state index contributed by atoms with van der Waals surface area (Å²) < 4.78 is 1.58. The van der Waals surface area contributed by atoms with Crippen LogP contribution in [0.15, 0.2) is 24.5 Å². The lowest BCUT2D eigenvalue weighted by Gasteiger charge is -2.09. The van der Waals surface area contributed by atoms with Crippen molar-refractivity contribution in [1.82, 2.24) is 20.2 Å². The molecule has 0 saturated carbocycles. The molecule has 2 aromatic rings. The Kier molecular flexibility index (Phi) is 4.19. The van der Waals surface area contributed by atoms with E-state index in [0.29, 0.717) is 19.4 Å². The van der Waals surface area contributed by atoms with Gasteiger partial charge in [0, 0.05) is 12.1 Å². The Labute approximate surface area is 110 Å². The van der Waals surface area contributed by atoms with Crippen LogP contribution in [-0.4, -0.2) is 32.7 Å². The zero-order valence-corrected chi connectivity index (χ0v) is 10.7. The molecule has 0 unspecified atom stereocenters. The van der Waals surface area contributed by atoms with Gasteiger partial charge >= 0.3 is 0 Å². The second kappa shape index (κ2) is 6.05. The van der Waals surface area contributed by atoms with Crippen LogP contribution in [0.5, 0.6) is 0 Å². The number of aryl methyl sites for hydroxylation is 1. The average molecular weight is 260 g/mol. The average Bonchev–Trinajstić information content (AvgIpc) is 2.90. The number of nitrogens with two attached hydrogens (primary N) is 1. The van der Waals surface area contributed by atoms with Crippen molar-refractivity contribution in [3.63, 3.8) is 0 Å². The predicted molar refractivity (Wildman–Crippen MR) is 70.8 cm³/mol. The number of anilines is 1. The highest BCUT2D eigenvalue weighted by atomic mass is 16.1. The van der Waals surface area contributed by atoms with E-state index in [-0.39, 0.29) is 5.91 Å². The molecule has 7 nitrogen and oxygen atoms in total. The van der Waals surface area contributed by atoms with Crippen LogP contribution in [0.25, 0.3) is 5.69 Å². The molecule has 19 heavy (non-hydrogen) atoms. The lowest BCUT2D eigenvalue weighted by molar-refractivity contribution is -0.116. The SMILES string of the molecule is Cc1cc(NC(=O)CCCN)ccc1-n1cnnn1. The Morgan fingerprint density at radius 3 is 2.95 bits per heavy atom. The van der Waals surface area contributed by atoms with E-state index in [9.17, 15) is 4.79 Å². The summed E-state index contributed by atoms with van der Waals surface area (Å²) in [5.74, 6) is -0.0278. The van der Waals surface area contributed by atoms with E-state index in [1.807, 2.05) is 25.1 Å². The van der Waals surface area contributed by atoms with Crippen molar-refractivity contribution < 1.29 is 4.79 Å². The smallest absolute Gasteiger partial charge is 0.224 e. The van der Waals surface area contributed by atoms with E-state index >= 15 is 0 Å². The Balaban J connectivity index is 2.09. The van der Waals surface area contributed by atoms with Crippen molar-refractivity contribution in [3.05, 3.63) is 30.1 Å². The molecule has 0 bridgehead atoms. The minimum absolute atomic E-state index is 0.0278. The molecule has 1 heterocycles. The van der Waals surface area contributed by atoms with Crippen LogP contribution in [0.2, 0.25) is 0 Å². The fraction of sp³-hybridized carbons (Fsp3) is 0.333. The van der Waals surface area contributed by atoms with Gasteiger partial charge in [-0.15, -0.1) is 5.10 Å². The van der Waals surface area contributed by atoms with Crippen LogP contribution in [0.3, 0.4) is 0 Å². The summed E-state index contributed by atoms with van der Waals surface area (Å²) >= 11 is 0. The number of aromatic nitrogens is 4. The molecule has 0 aliphatic rings. The molecule has 0 radical (unpaired) electrons. The van der Waals surface area contributed by atoms with Gasteiger partial charge in [-0.05, 0) is 54.1 Å². The normalized spacial score (nSPS) is 10.4. The molecular formula is C12H16N6O. The van der Waals surface area contributed by atoms with Gasteiger partial charge in [-0.3, -0.25) is 4.79 Å². The van der Waals surface area contributed by atoms with Gasteiger partial charge in [0.05, 0.1) is 5.69 Å². The largest absolute Gasteiger partial charge is 0.330 e. The molecule has 100 valence electrons. The topological polar surface area (TPSA) is 98.7 Å². The molecule has 1 aromatic heterocycles. The van der Waals surface area contributed by atoms with Crippen molar-refractivity contribution >= 4 is 11.6 Å². The lowest BCUT2D eigenvalue weighted by Crippen LogP contribution is -2.13. The summed E-state index contributed by atoms with van der Waals surface area (Å²) in [5, 5.41) is 13.9. The van der Waals surface area contributed by atoms with Gasteiger partial charge in [0.1, 0.15) is 6.33 Å². The number of hydrogen-bond donors (Lipinski definition) is 2. The zero-order chi connectivity index (χ0) is 13.7. The highest BCUT2D eigenvalue weighted by Gasteiger charge is 2.06. The van der Waals surface area contributed by atoms with E-state index in [2.05, 4.69) is 20.8 Å². The first-order valence-electron chi connectivity index (χ1n) is 6.04. The summed E-state index contributed by atoms with van der Waals surface area (Å²) in [7, 11) is 0. The number of hydrogen-bond acceptors (Lipinski definition) is 5. The van der Waals surface area contributed by atoms with Crippen LogP contribution in [-0.2, 0) is 4.79 Å². The van der Waals surface area contributed by atoms with Crippen molar-refractivity contribution in [1.29, 1.82) is 0 Å². The molecule has 0 spiro atoms. The van der Waals surface area contributed by atoms with Crippen molar-refractivity contribution in [3.8, 4) is 5.69 Å². The maximum atomic E-state index is 11.6. The Hall–Kier alpha value is -2.28. The third kappa shape index (κ3) is 3.35. The highest BCUT2D eigenvalue weighted by molar-refractivity contribution is 5.90.